The number of hydrogen-bond acceptors (Lipinski definition) is 1. The Kier molecular flexibility index (Phi) is 6.99. The summed E-state index contributed by atoms with van der Waals surface area (Å²) in [7, 11) is -1.42. The summed E-state index contributed by atoms with van der Waals surface area (Å²) in [5.41, 5.74) is 0. The van der Waals surface area contributed by atoms with Gasteiger partial charge in [0.1, 0.15) is 0 Å². The van der Waals surface area contributed by atoms with Gasteiger partial charge in [0, 0.05) is 5.92 Å². The molecule has 0 bridgehead atoms. The number of hydrogen-bond donors (Lipinski definition) is 0. The summed E-state index contributed by atoms with van der Waals surface area (Å²) >= 11 is 0. The zero-order valence-electron chi connectivity index (χ0n) is 11.4. The van der Waals surface area contributed by atoms with Crippen molar-refractivity contribution in [1.82, 2.24) is 0 Å². The van der Waals surface area contributed by atoms with E-state index in [0.29, 0.717) is 5.92 Å². The standard InChI is InChI=1S/C13H28OSi/c1-7-8-9-10-11-13(12(2)3)14-15(4,5)6/h11-12H,7-10H2,1-6H3/b13-11-. The third kappa shape index (κ3) is 8.73. The van der Waals surface area contributed by atoms with E-state index in [-0.39, 0.29) is 0 Å². The van der Waals surface area contributed by atoms with Crippen LogP contribution in [0.1, 0.15) is 46.5 Å². The predicted molar refractivity (Wildman–Crippen MR) is 71.5 cm³/mol. The first-order valence-electron chi connectivity index (χ1n) is 6.26. The Morgan fingerprint density at radius 1 is 1.20 bits per heavy atom. The van der Waals surface area contributed by atoms with Crippen LogP contribution in [-0.2, 0) is 4.43 Å². The van der Waals surface area contributed by atoms with Crippen LogP contribution in [0.5, 0.6) is 0 Å². The van der Waals surface area contributed by atoms with Crippen LogP contribution in [0.2, 0.25) is 19.6 Å². The van der Waals surface area contributed by atoms with Gasteiger partial charge in [0.15, 0.2) is 0 Å². The topological polar surface area (TPSA) is 9.23 Å². The molecule has 0 fully saturated rings. The SMILES string of the molecule is CCCCC/C=C(\O[Si](C)(C)C)C(C)C. The van der Waals surface area contributed by atoms with Gasteiger partial charge in [0.05, 0.1) is 5.76 Å². The smallest absolute Gasteiger partial charge is 0.241 e. The van der Waals surface area contributed by atoms with E-state index in [2.05, 4.69) is 46.5 Å². The van der Waals surface area contributed by atoms with Gasteiger partial charge in [-0.25, -0.2) is 0 Å². The highest BCUT2D eigenvalue weighted by atomic mass is 28.4. The van der Waals surface area contributed by atoms with Gasteiger partial charge < -0.3 is 4.43 Å². The Bertz CT molecular complexity index is 189. The Labute approximate surface area is 97.0 Å². The molecule has 0 atom stereocenters. The summed E-state index contributed by atoms with van der Waals surface area (Å²) in [6, 6.07) is 0. The first kappa shape index (κ1) is 14.8. The molecule has 0 radical (unpaired) electrons. The Morgan fingerprint density at radius 3 is 2.20 bits per heavy atom. The van der Waals surface area contributed by atoms with Gasteiger partial charge in [-0.2, -0.15) is 0 Å². The summed E-state index contributed by atoms with van der Waals surface area (Å²) in [6.45, 7) is 13.4. The van der Waals surface area contributed by atoms with E-state index in [9.17, 15) is 0 Å². The third-order valence-electron chi connectivity index (χ3n) is 2.15. The van der Waals surface area contributed by atoms with Gasteiger partial charge in [-0.1, -0.05) is 33.6 Å². The Morgan fingerprint density at radius 2 is 1.80 bits per heavy atom. The summed E-state index contributed by atoms with van der Waals surface area (Å²) in [5.74, 6) is 1.74. The fraction of sp³-hybridized carbons (Fsp3) is 0.846. The molecule has 0 N–H and O–H groups in total. The van der Waals surface area contributed by atoms with Crippen LogP contribution in [-0.4, -0.2) is 8.32 Å². The van der Waals surface area contributed by atoms with E-state index >= 15 is 0 Å². The van der Waals surface area contributed by atoms with Crippen molar-refractivity contribution in [3.05, 3.63) is 11.8 Å². The average molecular weight is 228 g/mol. The molecule has 1 nitrogen and oxygen atoms in total. The maximum atomic E-state index is 6.08. The molecule has 0 unspecified atom stereocenters. The molecule has 0 spiro atoms. The van der Waals surface area contributed by atoms with Crippen molar-refractivity contribution in [1.29, 1.82) is 0 Å². The van der Waals surface area contributed by atoms with E-state index in [1.54, 1.807) is 0 Å². The van der Waals surface area contributed by atoms with Crippen LogP contribution in [0.15, 0.2) is 11.8 Å². The summed E-state index contributed by atoms with van der Waals surface area (Å²) in [5, 5.41) is 0. The molecule has 90 valence electrons. The molecule has 0 saturated carbocycles. The van der Waals surface area contributed by atoms with Crippen LogP contribution in [0.25, 0.3) is 0 Å². The summed E-state index contributed by atoms with van der Waals surface area (Å²) in [6.07, 6.45) is 7.39. The summed E-state index contributed by atoms with van der Waals surface area (Å²) in [4.78, 5) is 0. The minimum absolute atomic E-state index is 0.526. The highest BCUT2D eigenvalue weighted by molar-refractivity contribution is 6.70. The van der Waals surface area contributed by atoms with Crippen molar-refractivity contribution < 1.29 is 4.43 Å². The maximum Gasteiger partial charge on any atom is 0.241 e. The van der Waals surface area contributed by atoms with E-state index in [0.717, 1.165) is 0 Å². The molecule has 15 heavy (non-hydrogen) atoms. The first-order chi connectivity index (χ1) is 6.87. The van der Waals surface area contributed by atoms with Crippen LogP contribution < -0.4 is 0 Å². The quantitative estimate of drug-likeness (QED) is 0.340. The molecule has 0 aliphatic carbocycles. The fourth-order valence-electron chi connectivity index (χ4n) is 1.39. The van der Waals surface area contributed by atoms with Crippen molar-refractivity contribution in [2.75, 3.05) is 0 Å². The van der Waals surface area contributed by atoms with Crippen LogP contribution in [0, 0.1) is 5.92 Å². The average Bonchev–Trinajstić information content (AvgIpc) is 2.08. The second-order valence-corrected chi connectivity index (χ2v) is 9.90. The molecular formula is C13H28OSi. The molecule has 0 amide bonds. The van der Waals surface area contributed by atoms with Crippen LogP contribution >= 0.6 is 0 Å². The number of unbranched alkanes of at least 4 members (excludes halogenated alkanes) is 3. The minimum Gasteiger partial charge on any atom is -0.547 e. The lowest BCUT2D eigenvalue weighted by Gasteiger charge is -2.24. The van der Waals surface area contributed by atoms with Gasteiger partial charge in [-0.15, -0.1) is 0 Å². The monoisotopic (exact) mass is 228 g/mol. The fourth-order valence-corrected chi connectivity index (χ4v) is 2.41. The highest BCUT2D eigenvalue weighted by Gasteiger charge is 2.18. The van der Waals surface area contributed by atoms with Gasteiger partial charge >= 0.3 is 0 Å². The van der Waals surface area contributed by atoms with E-state index in [1.807, 2.05) is 0 Å². The van der Waals surface area contributed by atoms with E-state index in [4.69, 9.17) is 4.43 Å². The lowest BCUT2D eigenvalue weighted by molar-refractivity contribution is 0.360. The molecule has 0 aromatic heterocycles. The number of allylic oxidation sites excluding steroid dienone is 2. The highest BCUT2D eigenvalue weighted by Crippen LogP contribution is 2.19. The van der Waals surface area contributed by atoms with Gasteiger partial charge in [-0.3, -0.25) is 0 Å². The van der Waals surface area contributed by atoms with Gasteiger partial charge in [-0.05, 0) is 38.6 Å². The van der Waals surface area contributed by atoms with E-state index in [1.165, 1.54) is 31.4 Å². The maximum absolute atomic E-state index is 6.08. The molecular weight excluding hydrogens is 200 g/mol. The molecule has 0 saturated heterocycles. The zero-order valence-corrected chi connectivity index (χ0v) is 12.4. The first-order valence-corrected chi connectivity index (χ1v) is 9.66. The van der Waals surface area contributed by atoms with Crippen molar-refractivity contribution in [2.45, 2.75) is 66.1 Å². The van der Waals surface area contributed by atoms with Crippen molar-refractivity contribution >= 4 is 8.32 Å². The molecule has 2 heteroatoms. The Balaban J connectivity index is 4.14. The molecule has 0 heterocycles. The molecule has 0 aliphatic heterocycles. The second kappa shape index (κ2) is 7.10. The van der Waals surface area contributed by atoms with Crippen LogP contribution in [0.4, 0.5) is 0 Å². The largest absolute Gasteiger partial charge is 0.547 e. The molecule has 0 aromatic rings. The minimum atomic E-state index is -1.42. The van der Waals surface area contributed by atoms with Crippen LogP contribution in [0.3, 0.4) is 0 Å². The predicted octanol–water partition coefficient (Wildman–Crippen LogP) is 4.96. The normalized spacial score (nSPS) is 13.4. The molecule has 0 rings (SSSR count). The molecule has 0 aliphatic rings. The molecule has 0 aromatic carbocycles. The van der Waals surface area contributed by atoms with Crippen molar-refractivity contribution in [3.8, 4) is 0 Å². The summed E-state index contributed by atoms with van der Waals surface area (Å²) < 4.78 is 6.08. The van der Waals surface area contributed by atoms with Gasteiger partial charge in [0.25, 0.3) is 0 Å². The van der Waals surface area contributed by atoms with Crippen molar-refractivity contribution in [2.24, 2.45) is 5.92 Å². The lowest BCUT2D eigenvalue weighted by Crippen LogP contribution is -2.26. The Hall–Kier alpha value is -0.243. The lowest BCUT2D eigenvalue weighted by atomic mass is 10.1. The zero-order chi connectivity index (χ0) is 11.9. The van der Waals surface area contributed by atoms with Gasteiger partial charge in [0.2, 0.25) is 8.32 Å². The van der Waals surface area contributed by atoms with E-state index < -0.39 is 8.32 Å². The third-order valence-corrected chi connectivity index (χ3v) is 2.99. The number of rotatable bonds is 7. The van der Waals surface area contributed by atoms with Crippen molar-refractivity contribution in [3.63, 3.8) is 0 Å². The second-order valence-electron chi connectivity index (χ2n) is 5.47.